The van der Waals surface area contributed by atoms with Crippen LogP contribution in [-0.4, -0.2) is 71.0 Å². The van der Waals surface area contributed by atoms with Crippen molar-refractivity contribution < 1.29 is 4.42 Å². The number of nitrogens with zero attached hydrogens (tertiary/aromatic N) is 4. The lowest BCUT2D eigenvalue weighted by molar-refractivity contribution is -0.00740. The fraction of sp³-hybridized carbons (Fsp3) is 0.824. The summed E-state index contributed by atoms with van der Waals surface area (Å²) in [6, 6.07) is 1.43. The van der Waals surface area contributed by atoms with Crippen molar-refractivity contribution in [2.24, 2.45) is 0 Å². The molecule has 22 heavy (non-hydrogen) atoms. The average Bonchev–Trinajstić information content (AvgIpc) is 3.03. The van der Waals surface area contributed by atoms with Crippen LogP contribution in [0.1, 0.15) is 37.6 Å². The lowest BCUT2D eigenvalue weighted by Crippen LogP contribution is -2.63. The minimum Gasteiger partial charge on any atom is -0.444 e. The second-order valence-corrected chi connectivity index (χ2v) is 7.34. The van der Waals surface area contributed by atoms with Crippen LogP contribution in [-0.2, 0) is 19.4 Å². The van der Waals surface area contributed by atoms with Gasteiger partial charge >= 0.3 is 0 Å². The van der Waals surface area contributed by atoms with Crippen molar-refractivity contribution in [2.45, 2.75) is 51.7 Å². The second-order valence-electron chi connectivity index (χ2n) is 7.34. The van der Waals surface area contributed by atoms with E-state index in [1.807, 2.05) is 0 Å². The van der Waals surface area contributed by atoms with E-state index in [0.29, 0.717) is 6.04 Å². The molecule has 0 saturated carbocycles. The molecule has 0 unspecified atom stereocenters. The lowest BCUT2D eigenvalue weighted by Gasteiger charge is -2.48. The average molecular weight is 304 g/mol. The van der Waals surface area contributed by atoms with Crippen LogP contribution in [0.3, 0.4) is 0 Å². The zero-order chi connectivity index (χ0) is 15.1. The monoisotopic (exact) mass is 304 g/mol. The Labute approximate surface area is 133 Å². The van der Waals surface area contributed by atoms with E-state index in [2.05, 4.69) is 33.5 Å². The van der Waals surface area contributed by atoms with Gasteiger partial charge in [-0.05, 0) is 26.7 Å². The number of aromatic nitrogens is 1. The molecule has 5 nitrogen and oxygen atoms in total. The summed E-state index contributed by atoms with van der Waals surface area (Å²) in [6.07, 6.45) is 3.42. The number of hydrogen-bond acceptors (Lipinski definition) is 5. The summed E-state index contributed by atoms with van der Waals surface area (Å²) in [5, 5.41) is 0. The first-order chi connectivity index (χ1) is 10.7. The second kappa shape index (κ2) is 5.95. The third-order valence-electron chi connectivity index (χ3n) is 5.53. The molecule has 3 heterocycles. The minimum atomic E-state index is 0.687. The number of fused-ring (bicyclic) bond motifs is 1. The van der Waals surface area contributed by atoms with Gasteiger partial charge in [-0.15, -0.1) is 0 Å². The fourth-order valence-electron chi connectivity index (χ4n) is 4.02. The number of aryl methyl sites for hydroxylation is 2. The van der Waals surface area contributed by atoms with Gasteiger partial charge in [0.25, 0.3) is 0 Å². The topological polar surface area (TPSA) is 35.8 Å². The molecule has 2 saturated heterocycles. The summed E-state index contributed by atoms with van der Waals surface area (Å²) in [5.41, 5.74) is 1.22. The molecule has 122 valence electrons. The third kappa shape index (κ3) is 2.82. The van der Waals surface area contributed by atoms with Gasteiger partial charge in [-0.2, -0.15) is 0 Å². The van der Waals surface area contributed by atoms with Gasteiger partial charge in [-0.1, -0.05) is 0 Å². The van der Waals surface area contributed by atoms with Crippen molar-refractivity contribution in [2.75, 3.05) is 39.3 Å². The van der Waals surface area contributed by atoms with E-state index in [4.69, 9.17) is 4.42 Å². The van der Waals surface area contributed by atoms with Crippen LogP contribution >= 0.6 is 0 Å². The van der Waals surface area contributed by atoms with Crippen molar-refractivity contribution in [3.63, 3.8) is 0 Å². The summed E-state index contributed by atoms with van der Waals surface area (Å²) in [5.74, 6) is 2.09. The summed E-state index contributed by atoms with van der Waals surface area (Å²) in [4.78, 5) is 12.4. The van der Waals surface area contributed by atoms with Gasteiger partial charge in [-0.25, -0.2) is 4.98 Å². The van der Waals surface area contributed by atoms with Gasteiger partial charge in [0.15, 0.2) is 0 Å². The molecule has 0 radical (unpaired) electrons. The molecule has 4 rings (SSSR count). The Morgan fingerprint density at radius 3 is 2.59 bits per heavy atom. The summed E-state index contributed by atoms with van der Waals surface area (Å²) >= 11 is 0. The van der Waals surface area contributed by atoms with Gasteiger partial charge in [-0.3, -0.25) is 14.7 Å². The molecule has 2 aliphatic heterocycles. The molecule has 0 aromatic carbocycles. The number of piperazine rings is 1. The van der Waals surface area contributed by atoms with E-state index < -0.39 is 0 Å². The highest BCUT2D eigenvalue weighted by Gasteiger charge is 2.34. The van der Waals surface area contributed by atoms with Crippen molar-refractivity contribution in [1.29, 1.82) is 0 Å². The number of likely N-dealkylation sites (tertiary alicyclic amines) is 1. The molecule has 1 aromatic rings. The molecule has 2 fully saturated rings. The lowest BCUT2D eigenvalue weighted by atomic mass is 10.1. The van der Waals surface area contributed by atoms with Crippen LogP contribution in [0.15, 0.2) is 4.42 Å². The molecule has 0 atom stereocenters. The van der Waals surface area contributed by atoms with E-state index in [1.165, 1.54) is 51.4 Å². The smallest absolute Gasteiger partial charge is 0.208 e. The van der Waals surface area contributed by atoms with Crippen LogP contribution in [0.25, 0.3) is 0 Å². The summed E-state index contributed by atoms with van der Waals surface area (Å²) < 4.78 is 5.88. The molecule has 0 spiro atoms. The van der Waals surface area contributed by atoms with E-state index in [1.54, 1.807) is 0 Å². The number of oxazole rings is 1. The number of rotatable bonds is 4. The molecule has 0 amide bonds. The van der Waals surface area contributed by atoms with E-state index in [-0.39, 0.29) is 0 Å². The van der Waals surface area contributed by atoms with Crippen LogP contribution < -0.4 is 0 Å². The van der Waals surface area contributed by atoms with Crippen LogP contribution in [0.2, 0.25) is 0 Å². The molecule has 3 aliphatic rings. The predicted molar refractivity (Wildman–Crippen MR) is 85.9 cm³/mol. The Balaban J connectivity index is 1.23. The predicted octanol–water partition coefficient (Wildman–Crippen LogP) is 1.37. The van der Waals surface area contributed by atoms with E-state index in [9.17, 15) is 0 Å². The van der Waals surface area contributed by atoms with Crippen LogP contribution in [0.5, 0.6) is 0 Å². The van der Waals surface area contributed by atoms with Gasteiger partial charge in [0.05, 0.1) is 12.2 Å². The van der Waals surface area contributed by atoms with E-state index >= 15 is 0 Å². The molecule has 1 aliphatic carbocycles. The van der Waals surface area contributed by atoms with Crippen LogP contribution in [0, 0.1) is 0 Å². The summed E-state index contributed by atoms with van der Waals surface area (Å²) in [7, 11) is 0. The maximum Gasteiger partial charge on any atom is 0.208 e. The highest BCUT2D eigenvalue weighted by Crippen LogP contribution is 2.25. The molecule has 0 bridgehead atoms. The fourth-order valence-corrected chi connectivity index (χ4v) is 4.02. The quantitative estimate of drug-likeness (QED) is 0.840. The minimum absolute atomic E-state index is 0.687. The molecule has 1 aromatic heterocycles. The third-order valence-corrected chi connectivity index (χ3v) is 5.53. The van der Waals surface area contributed by atoms with Gasteiger partial charge in [0.1, 0.15) is 5.76 Å². The highest BCUT2D eigenvalue weighted by molar-refractivity contribution is 5.15. The highest BCUT2D eigenvalue weighted by atomic mass is 16.4. The Morgan fingerprint density at radius 2 is 1.91 bits per heavy atom. The van der Waals surface area contributed by atoms with Gasteiger partial charge < -0.3 is 4.42 Å². The van der Waals surface area contributed by atoms with Crippen molar-refractivity contribution >= 4 is 0 Å². The molecule has 0 N–H and O–H groups in total. The Kier molecular flexibility index (Phi) is 3.96. The molecule has 5 heteroatoms. The summed E-state index contributed by atoms with van der Waals surface area (Å²) in [6.45, 7) is 12.7. The molecular formula is C17H28N4O. The van der Waals surface area contributed by atoms with Crippen molar-refractivity contribution in [1.82, 2.24) is 19.7 Å². The standard InChI is InChI=1S/C17H28N4O/c1-13(2)20-6-8-21(9-7-20)14-10-19(11-14)12-17-18-15-4-3-5-16(15)22-17/h13-14H,3-12H2,1-2H3. The Morgan fingerprint density at radius 1 is 1.14 bits per heavy atom. The zero-order valence-corrected chi connectivity index (χ0v) is 13.9. The van der Waals surface area contributed by atoms with Crippen LogP contribution in [0.4, 0.5) is 0 Å². The van der Waals surface area contributed by atoms with Crippen molar-refractivity contribution in [3.05, 3.63) is 17.3 Å². The SMILES string of the molecule is CC(C)N1CCN(C2CN(Cc3nc4c(o3)CCC4)C2)CC1. The van der Waals surface area contributed by atoms with Crippen molar-refractivity contribution in [3.8, 4) is 0 Å². The maximum absolute atomic E-state index is 5.88. The first-order valence-corrected chi connectivity index (χ1v) is 8.87. The normalized spacial score (nSPS) is 24.9. The largest absolute Gasteiger partial charge is 0.444 e. The van der Waals surface area contributed by atoms with Gasteiger partial charge in [0, 0.05) is 57.8 Å². The first-order valence-electron chi connectivity index (χ1n) is 8.87. The number of hydrogen-bond donors (Lipinski definition) is 0. The zero-order valence-electron chi connectivity index (χ0n) is 13.9. The Bertz CT molecular complexity index is 491. The maximum atomic E-state index is 5.88. The molecular weight excluding hydrogens is 276 g/mol. The van der Waals surface area contributed by atoms with E-state index in [0.717, 1.165) is 37.1 Å². The Hall–Kier alpha value is -0.910. The van der Waals surface area contributed by atoms with Gasteiger partial charge in [0.2, 0.25) is 5.89 Å². The first kappa shape index (κ1) is 14.7.